The van der Waals surface area contributed by atoms with Gasteiger partial charge in [-0.05, 0) is 58.0 Å². The summed E-state index contributed by atoms with van der Waals surface area (Å²) >= 11 is 0. The molecule has 3 rings (SSSR count). The first-order valence-corrected chi connectivity index (χ1v) is 11.9. The van der Waals surface area contributed by atoms with Crippen LogP contribution in [0.2, 0.25) is 0 Å². The molecule has 2 aliphatic rings. The Labute approximate surface area is 183 Å². The zero-order valence-electron chi connectivity index (χ0n) is 19.4. The number of nitrogens with zero attached hydrogens (tertiary/aromatic N) is 4. The zero-order chi connectivity index (χ0) is 21.2. The second-order valence-corrected chi connectivity index (χ2v) is 8.92. The molecule has 2 fully saturated rings. The molecule has 0 radical (unpaired) electrons. The van der Waals surface area contributed by atoms with Gasteiger partial charge in [0.2, 0.25) is 0 Å². The summed E-state index contributed by atoms with van der Waals surface area (Å²) in [6.07, 6.45) is 4.09. The molecular weight excluding hydrogens is 372 g/mol. The number of likely N-dealkylation sites (tertiary alicyclic amines) is 1. The first-order valence-electron chi connectivity index (χ1n) is 11.9. The fourth-order valence-corrected chi connectivity index (χ4v) is 4.27. The third-order valence-electron chi connectivity index (χ3n) is 6.37. The Hall–Kier alpha value is -1.63. The van der Waals surface area contributed by atoms with E-state index in [9.17, 15) is 0 Å². The van der Waals surface area contributed by atoms with E-state index in [-0.39, 0.29) is 0 Å². The lowest BCUT2D eigenvalue weighted by molar-refractivity contribution is 0.120. The van der Waals surface area contributed by atoms with Crippen molar-refractivity contribution in [3.05, 3.63) is 35.4 Å². The molecule has 1 aromatic rings. The highest BCUT2D eigenvalue weighted by molar-refractivity contribution is 5.79. The molecule has 0 spiro atoms. The minimum Gasteiger partial charge on any atom is -0.357 e. The summed E-state index contributed by atoms with van der Waals surface area (Å²) in [6, 6.07) is 9.53. The van der Waals surface area contributed by atoms with E-state index >= 15 is 0 Å². The van der Waals surface area contributed by atoms with Gasteiger partial charge in [0, 0.05) is 51.9 Å². The molecule has 0 amide bonds. The number of piperidine rings is 1. The van der Waals surface area contributed by atoms with E-state index in [2.05, 4.69) is 70.5 Å². The second-order valence-electron chi connectivity index (χ2n) is 8.92. The normalized spacial score (nSPS) is 20.8. The van der Waals surface area contributed by atoms with Crippen LogP contribution >= 0.6 is 0 Å². The number of aliphatic imine (C=N–C) groups is 1. The molecule has 1 atom stereocenters. The molecule has 2 heterocycles. The van der Waals surface area contributed by atoms with E-state index in [4.69, 9.17) is 4.99 Å². The topological polar surface area (TPSA) is 46.1 Å². The summed E-state index contributed by atoms with van der Waals surface area (Å²) in [7, 11) is 2.20. The lowest BCUT2D eigenvalue weighted by atomic mass is 10.1. The van der Waals surface area contributed by atoms with Crippen molar-refractivity contribution in [3.63, 3.8) is 0 Å². The SMILES string of the molecule is CCNC(=NCc1ccc(CN2CCCCC2)cc1)NCC(C)N1CCN(C)CC1. The van der Waals surface area contributed by atoms with Gasteiger partial charge in [-0.3, -0.25) is 9.80 Å². The predicted octanol–water partition coefficient (Wildman–Crippen LogP) is 2.36. The molecule has 2 N–H and O–H groups in total. The van der Waals surface area contributed by atoms with Crippen LogP contribution in [0.3, 0.4) is 0 Å². The zero-order valence-corrected chi connectivity index (χ0v) is 19.4. The van der Waals surface area contributed by atoms with Gasteiger partial charge in [0.15, 0.2) is 5.96 Å². The van der Waals surface area contributed by atoms with E-state index in [1.54, 1.807) is 0 Å². The van der Waals surface area contributed by atoms with E-state index in [0.29, 0.717) is 12.6 Å². The molecule has 2 saturated heterocycles. The Balaban J connectivity index is 1.46. The minimum atomic E-state index is 0.511. The highest BCUT2D eigenvalue weighted by Gasteiger charge is 2.19. The summed E-state index contributed by atoms with van der Waals surface area (Å²) in [6.45, 7) is 15.1. The van der Waals surface area contributed by atoms with Gasteiger partial charge >= 0.3 is 0 Å². The van der Waals surface area contributed by atoms with Crippen LogP contribution in [-0.2, 0) is 13.1 Å². The molecule has 6 heteroatoms. The lowest BCUT2D eigenvalue weighted by Crippen LogP contribution is -2.52. The van der Waals surface area contributed by atoms with Crippen molar-refractivity contribution < 1.29 is 0 Å². The predicted molar refractivity (Wildman–Crippen MR) is 127 cm³/mol. The molecule has 30 heavy (non-hydrogen) atoms. The number of benzene rings is 1. The van der Waals surface area contributed by atoms with Crippen molar-refractivity contribution in [2.45, 2.75) is 52.2 Å². The van der Waals surface area contributed by atoms with Crippen molar-refractivity contribution in [2.75, 3.05) is 59.4 Å². The molecule has 0 aliphatic carbocycles. The fraction of sp³-hybridized carbons (Fsp3) is 0.708. The average Bonchev–Trinajstić information content (AvgIpc) is 2.77. The third kappa shape index (κ3) is 7.56. The molecule has 2 aliphatic heterocycles. The maximum absolute atomic E-state index is 4.82. The summed E-state index contributed by atoms with van der Waals surface area (Å²) in [5.74, 6) is 0.913. The fourth-order valence-electron chi connectivity index (χ4n) is 4.27. The van der Waals surface area contributed by atoms with E-state index in [1.807, 2.05) is 0 Å². The maximum Gasteiger partial charge on any atom is 0.191 e. The van der Waals surface area contributed by atoms with Gasteiger partial charge in [0.25, 0.3) is 0 Å². The highest BCUT2D eigenvalue weighted by Crippen LogP contribution is 2.14. The van der Waals surface area contributed by atoms with Crippen LogP contribution in [0.1, 0.15) is 44.2 Å². The van der Waals surface area contributed by atoms with Crippen LogP contribution in [0.15, 0.2) is 29.3 Å². The third-order valence-corrected chi connectivity index (χ3v) is 6.37. The van der Waals surface area contributed by atoms with Crippen LogP contribution in [0.4, 0.5) is 0 Å². The van der Waals surface area contributed by atoms with Gasteiger partial charge in [0.05, 0.1) is 6.54 Å². The average molecular weight is 415 g/mol. The maximum atomic E-state index is 4.82. The molecule has 0 aromatic heterocycles. The second kappa shape index (κ2) is 12.3. The van der Waals surface area contributed by atoms with Crippen LogP contribution in [-0.4, -0.2) is 86.1 Å². The summed E-state index contributed by atoms with van der Waals surface area (Å²) in [4.78, 5) is 12.4. The first kappa shape index (κ1) is 23.0. The van der Waals surface area contributed by atoms with E-state index in [0.717, 1.165) is 51.8 Å². The Morgan fingerprint density at radius 2 is 1.60 bits per heavy atom. The van der Waals surface area contributed by atoms with Gasteiger partial charge in [-0.15, -0.1) is 0 Å². The number of hydrogen-bond donors (Lipinski definition) is 2. The Kier molecular flexibility index (Phi) is 9.43. The molecule has 1 unspecified atom stereocenters. The van der Waals surface area contributed by atoms with Gasteiger partial charge in [-0.25, -0.2) is 4.99 Å². The van der Waals surface area contributed by atoms with Gasteiger partial charge in [-0.2, -0.15) is 0 Å². The molecule has 6 nitrogen and oxygen atoms in total. The number of likely N-dealkylation sites (N-methyl/N-ethyl adjacent to an activating group) is 1. The molecule has 168 valence electrons. The minimum absolute atomic E-state index is 0.511. The summed E-state index contributed by atoms with van der Waals surface area (Å²) < 4.78 is 0. The van der Waals surface area contributed by atoms with Crippen molar-refractivity contribution in [1.82, 2.24) is 25.3 Å². The molecule has 0 bridgehead atoms. The Morgan fingerprint density at radius 1 is 0.933 bits per heavy atom. The van der Waals surface area contributed by atoms with Gasteiger partial charge < -0.3 is 15.5 Å². The molecule has 1 aromatic carbocycles. The van der Waals surface area contributed by atoms with E-state index < -0.39 is 0 Å². The summed E-state index contributed by atoms with van der Waals surface area (Å²) in [5.41, 5.74) is 2.68. The Bertz CT molecular complexity index is 630. The van der Waals surface area contributed by atoms with Crippen LogP contribution in [0, 0.1) is 0 Å². The Morgan fingerprint density at radius 3 is 2.27 bits per heavy atom. The quantitative estimate of drug-likeness (QED) is 0.505. The highest BCUT2D eigenvalue weighted by atomic mass is 15.3. The number of guanidine groups is 1. The lowest BCUT2D eigenvalue weighted by Gasteiger charge is -2.36. The first-order chi connectivity index (χ1) is 14.6. The molecular formula is C24H42N6. The molecule has 0 saturated carbocycles. The van der Waals surface area contributed by atoms with Crippen LogP contribution in [0.5, 0.6) is 0 Å². The monoisotopic (exact) mass is 414 g/mol. The van der Waals surface area contributed by atoms with Crippen molar-refractivity contribution in [3.8, 4) is 0 Å². The number of nitrogens with one attached hydrogen (secondary N) is 2. The largest absolute Gasteiger partial charge is 0.357 e. The van der Waals surface area contributed by atoms with Gasteiger partial charge in [0.1, 0.15) is 0 Å². The van der Waals surface area contributed by atoms with Gasteiger partial charge in [-0.1, -0.05) is 30.7 Å². The van der Waals surface area contributed by atoms with E-state index in [1.165, 1.54) is 43.5 Å². The number of hydrogen-bond acceptors (Lipinski definition) is 4. The van der Waals surface area contributed by atoms with Crippen LogP contribution < -0.4 is 10.6 Å². The number of piperazine rings is 1. The number of rotatable bonds is 8. The smallest absolute Gasteiger partial charge is 0.191 e. The standard InChI is InChI=1S/C24H42N6/c1-4-25-24(26-18-21(2)30-16-14-28(3)15-17-30)27-19-22-8-10-23(11-9-22)20-29-12-6-5-7-13-29/h8-11,21H,4-7,12-20H2,1-3H3,(H2,25,26,27). The summed E-state index contributed by atoms with van der Waals surface area (Å²) in [5, 5.41) is 6.93. The van der Waals surface area contributed by atoms with Crippen LogP contribution in [0.25, 0.3) is 0 Å². The van der Waals surface area contributed by atoms with Crippen molar-refractivity contribution in [2.24, 2.45) is 4.99 Å². The van der Waals surface area contributed by atoms with Crippen molar-refractivity contribution >= 4 is 5.96 Å². The van der Waals surface area contributed by atoms with Crippen molar-refractivity contribution in [1.29, 1.82) is 0 Å².